The monoisotopic (exact) mass is 217 g/mol. The Balaban J connectivity index is 1.93. The van der Waals surface area contributed by atoms with Crippen LogP contribution in [0.3, 0.4) is 0 Å². The summed E-state index contributed by atoms with van der Waals surface area (Å²) >= 11 is 0. The first-order chi connectivity index (χ1) is 7.69. The molecule has 2 fully saturated rings. The van der Waals surface area contributed by atoms with E-state index >= 15 is 0 Å². The molecule has 0 radical (unpaired) electrons. The summed E-state index contributed by atoms with van der Waals surface area (Å²) in [4.78, 5) is 0. The van der Waals surface area contributed by atoms with E-state index in [1.165, 1.54) is 24.8 Å². The average molecular weight is 217 g/mol. The van der Waals surface area contributed by atoms with Crippen LogP contribution in [0.2, 0.25) is 0 Å². The van der Waals surface area contributed by atoms with Crippen LogP contribution in [0.5, 0.6) is 0 Å². The molecule has 1 aromatic carbocycles. The summed E-state index contributed by atoms with van der Waals surface area (Å²) in [6.45, 7) is 0. The van der Waals surface area contributed by atoms with Gasteiger partial charge in [0.1, 0.15) is 0 Å². The van der Waals surface area contributed by atoms with Gasteiger partial charge in [-0.1, -0.05) is 30.7 Å². The van der Waals surface area contributed by atoms with Crippen molar-refractivity contribution in [2.45, 2.75) is 49.7 Å². The van der Waals surface area contributed by atoms with Crippen molar-refractivity contribution in [3.05, 3.63) is 35.4 Å². The zero-order chi connectivity index (χ0) is 11.2. The van der Waals surface area contributed by atoms with Gasteiger partial charge in [0.05, 0.1) is 5.60 Å². The SMILES string of the molecule is NC1CC(O)(c2ccccc2C2CCC2)C1. The molecule has 3 N–H and O–H groups in total. The van der Waals surface area contributed by atoms with Crippen LogP contribution in [0, 0.1) is 0 Å². The first-order valence-electron chi connectivity index (χ1n) is 6.26. The highest BCUT2D eigenvalue weighted by Crippen LogP contribution is 2.46. The van der Waals surface area contributed by atoms with Crippen molar-refractivity contribution in [3.63, 3.8) is 0 Å². The van der Waals surface area contributed by atoms with Crippen LogP contribution in [-0.2, 0) is 5.60 Å². The first-order valence-corrected chi connectivity index (χ1v) is 6.26. The molecule has 0 unspecified atom stereocenters. The molecule has 2 nitrogen and oxygen atoms in total. The Labute approximate surface area is 96.5 Å². The molecule has 1 aromatic rings. The predicted octanol–water partition coefficient (Wildman–Crippen LogP) is 2.26. The molecule has 0 amide bonds. The van der Waals surface area contributed by atoms with E-state index in [4.69, 9.17) is 5.73 Å². The Morgan fingerprint density at radius 1 is 1.19 bits per heavy atom. The maximum atomic E-state index is 10.5. The molecule has 0 heterocycles. The van der Waals surface area contributed by atoms with E-state index in [1.807, 2.05) is 6.07 Å². The summed E-state index contributed by atoms with van der Waals surface area (Å²) in [5.41, 5.74) is 7.67. The third-order valence-corrected chi connectivity index (χ3v) is 4.21. The fourth-order valence-corrected chi connectivity index (χ4v) is 3.02. The highest BCUT2D eigenvalue weighted by Gasteiger charge is 2.44. The molecule has 0 spiro atoms. The number of hydrogen-bond donors (Lipinski definition) is 2. The Bertz CT molecular complexity index is 391. The van der Waals surface area contributed by atoms with Crippen molar-refractivity contribution in [2.24, 2.45) is 5.73 Å². The van der Waals surface area contributed by atoms with Crippen molar-refractivity contribution in [3.8, 4) is 0 Å². The van der Waals surface area contributed by atoms with Gasteiger partial charge in [-0.25, -0.2) is 0 Å². The van der Waals surface area contributed by atoms with Crippen LogP contribution in [0.1, 0.15) is 49.1 Å². The van der Waals surface area contributed by atoms with Crippen LogP contribution >= 0.6 is 0 Å². The number of rotatable bonds is 2. The van der Waals surface area contributed by atoms with E-state index in [9.17, 15) is 5.11 Å². The van der Waals surface area contributed by atoms with E-state index in [1.54, 1.807) is 0 Å². The van der Waals surface area contributed by atoms with E-state index in [-0.39, 0.29) is 6.04 Å². The van der Waals surface area contributed by atoms with Gasteiger partial charge in [0.25, 0.3) is 0 Å². The molecule has 2 aliphatic rings. The largest absolute Gasteiger partial charge is 0.385 e. The molecule has 2 heteroatoms. The van der Waals surface area contributed by atoms with Gasteiger partial charge in [0.2, 0.25) is 0 Å². The Morgan fingerprint density at radius 3 is 2.44 bits per heavy atom. The molecule has 2 aliphatic carbocycles. The lowest BCUT2D eigenvalue weighted by atomic mass is 9.67. The Hall–Kier alpha value is -0.860. The maximum Gasteiger partial charge on any atom is 0.0928 e. The summed E-state index contributed by atoms with van der Waals surface area (Å²) in [6.07, 6.45) is 5.32. The molecule has 0 aromatic heterocycles. The van der Waals surface area contributed by atoms with E-state index in [2.05, 4.69) is 18.2 Å². The third-order valence-electron chi connectivity index (χ3n) is 4.21. The minimum Gasteiger partial charge on any atom is -0.385 e. The summed E-state index contributed by atoms with van der Waals surface area (Å²) < 4.78 is 0. The van der Waals surface area contributed by atoms with Gasteiger partial charge in [-0.3, -0.25) is 0 Å². The van der Waals surface area contributed by atoms with E-state index < -0.39 is 5.60 Å². The highest BCUT2D eigenvalue weighted by atomic mass is 16.3. The van der Waals surface area contributed by atoms with Gasteiger partial charge in [-0.05, 0) is 42.7 Å². The molecular weight excluding hydrogens is 198 g/mol. The molecule has 16 heavy (non-hydrogen) atoms. The number of aliphatic hydroxyl groups is 1. The minimum absolute atomic E-state index is 0.180. The first kappa shape index (κ1) is 10.3. The predicted molar refractivity (Wildman–Crippen MR) is 64.1 cm³/mol. The van der Waals surface area contributed by atoms with Crippen LogP contribution in [0.4, 0.5) is 0 Å². The Morgan fingerprint density at radius 2 is 1.88 bits per heavy atom. The highest BCUT2D eigenvalue weighted by molar-refractivity contribution is 5.38. The van der Waals surface area contributed by atoms with Crippen molar-refractivity contribution >= 4 is 0 Å². The van der Waals surface area contributed by atoms with Gasteiger partial charge < -0.3 is 10.8 Å². The second-order valence-electron chi connectivity index (χ2n) is 5.41. The van der Waals surface area contributed by atoms with E-state index in [0.717, 1.165) is 18.4 Å². The van der Waals surface area contributed by atoms with Crippen LogP contribution < -0.4 is 5.73 Å². The standard InChI is InChI=1S/C14H19NO/c15-11-8-14(16,9-11)13-7-2-1-6-12(13)10-4-3-5-10/h1-2,6-7,10-11,16H,3-5,8-9,15H2. The zero-order valence-electron chi connectivity index (χ0n) is 9.52. The van der Waals surface area contributed by atoms with Crippen molar-refractivity contribution in [2.75, 3.05) is 0 Å². The quantitative estimate of drug-likeness (QED) is 0.798. The molecule has 2 saturated carbocycles. The summed E-state index contributed by atoms with van der Waals surface area (Å²) in [7, 11) is 0. The molecule has 0 saturated heterocycles. The number of benzene rings is 1. The second kappa shape index (κ2) is 3.57. The van der Waals surface area contributed by atoms with Gasteiger partial charge in [-0.2, -0.15) is 0 Å². The van der Waals surface area contributed by atoms with Crippen molar-refractivity contribution in [1.29, 1.82) is 0 Å². The third kappa shape index (κ3) is 1.48. The van der Waals surface area contributed by atoms with E-state index in [0.29, 0.717) is 5.92 Å². The molecule has 0 bridgehead atoms. The smallest absolute Gasteiger partial charge is 0.0928 e. The lowest BCUT2D eigenvalue weighted by Crippen LogP contribution is -2.49. The number of nitrogens with two attached hydrogens (primary N) is 1. The van der Waals surface area contributed by atoms with Crippen LogP contribution in [-0.4, -0.2) is 11.1 Å². The van der Waals surface area contributed by atoms with Crippen molar-refractivity contribution in [1.82, 2.24) is 0 Å². The molecule has 0 atom stereocenters. The van der Waals surface area contributed by atoms with Gasteiger partial charge in [0, 0.05) is 6.04 Å². The second-order valence-corrected chi connectivity index (χ2v) is 5.41. The molecular formula is C14H19NO. The zero-order valence-corrected chi connectivity index (χ0v) is 9.52. The molecule has 86 valence electrons. The molecule has 0 aliphatic heterocycles. The fraction of sp³-hybridized carbons (Fsp3) is 0.571. The summed E-state index contributed by atoms with van der Waals surface area (Å²) in [5, 5.41) is 10.5. The summed E-state index contributed by atoms with van der Waals surface area (Å²) in [5.74, 6) is 0.678. The van der Waals surface area contributed by atoms with Crippen LogP contribution in [0.15, 0.2) is 24.3 Å². The van der Waals surface area contributed by atoms with Crippen molar-refractivity contribution < 1.29 is 5.11 Å². The lowest BCUT2D eigenvalue weighted by Gasteiger charge is -2.44. The average Bonchev–Trinajstić information content (AvgIpc) is 2.13. The minimum atomic E-state index is -0.633. The lowest BCUT2D eigenvalue weighted by molar-refractivity contribution is -0.0534. The van der Waals surface area contributed by atoms with Gasteiger partial charge in [0.15, 0.2) is 0 Å². The Kier molecular flexibility index (Phi) is 2.30. The van der Waals surface area contributed by atoms with Gasteiger partial charge in [-0.15, -0.1) is 0 Å². The summed E-state index contributed by atoms with van der Waals surface area (Å²) in [6, 6.07) is 8.55. The number of hydrogen-bond acceptors (Lipinski definition) is 2. The van der Waals surface area contributed by atoms with Gasteiger partial charge >= 0.3 is 0 Å². The normalized spacial score (nSPS) is 34.2. The maximum absolute atomic E-state index is 10.5. The topological polar surface area (TPSA) is 46.2 Å². The fourth-order valence-electron chi connectivity index (χ4n) is 3.02. The molecule has 3 rings (SSSR count). The van der Waals surface area contributed by atoms with Crippen LogP contribution in [0.25, 0.3) is 0 Å².